The Morgan fingerprint density at radius 1 is 1.17 bits per heavy atom. The molecule has 0 atom stereocenters. The van der Waals surface area contributed by atoms with Gasteiger partial charge in [-0.2, -0.15) is 0 Å². The van der Waals surface area contributed by atoms with Gasteiger partial charge in [0.25, 0.3) is 0 Å². The fraction of sp³-hybridized carbons (Fsp3) is 0.500. The standard InChI is InChI=1S/C14H20N4/c1-5-10-7-8-11-12(17-10)15-9-16-13(11)18-14(3,4)6-2/h7-9H,5-6H2,1-4H3,(H,15,16,17,18). The summed E-state index contributed by atoms with van der Waals surface area (Å²) in [5, 5.41) is 4.44. The number of nitrogens with zero attached hydrogens (tertiary/aromatic N) is 3. The molecule has 4 nitrogen and oxygen atoms in total. The number of hydrogen-bond acceptors (Lipinski definition) is 4. The van der Waals surface area contributed by atoms with Crippen LogP contribution in [0.2, 0.25) is 0 Å². The van der Waals surface area contributed by atoms with Crippen molar-refractivity contribution in [2.75, 3.05) is 5.32 Å². The molecule has 96 valence electrons. The van der Waals surface area contributed by atoms with Gasteiger partial charge in [0, 0.05) is 11.2 Å². The van der Waals surface area contributed by atoms with E-state index in [9.17, 15) is 0 Å². The van der Waals surface area contributed by atoms with Crippen LogP contribution in [0, 0.1) is 0 Å². The van der Waals surface area contributed by atoms with Gasteiger partial charge in [0.15, 0.2) is 5.65 Å². The van der Waals surface area contributed by atoms with Gasteiger partial charge >= 0.3 is 0 Å². The molecule has 0 saturated carbocycles. The molecule has 0 aliphatic heterocycles. The van der Waals surface area contributed by atoms with Crippen molar-refractivity contribution < 1.29 is 0 Å². The van der Waals surface area contributed by atoms with Crippen LogP contribution in [-0.4, -0.2) is 20.5 Å². The Labute approximate surface area is 108 Å². The lowest BCUT2D eigenvalue weighted by atomic mass is 10.0. The zero-order valence-corrected chi connectivity index (χ0v) is 11.5. The summed E-state index contributed by atoms with van der Waals surface area (Å²) in [4.78, 5) is 13.1. The van der Waals surface area contributed by atoms with Crippen LogP contribution >= 0.6 is 0 Å². The number of aromatic nitrogens is 3. The number of fused-ring (bicyclic) bond motifs is 1. The summed E-state index contributed by atoms with van der Waals surface area (Å²) < 4.78 is 0. The first-order valence-electron chi connectivity index (χ1n) is 6.44. The second-order valence-corrected chi connectivity index (χ2v) is 5.11. The van der Waals surface area contributed by atoms with Crippen LogP contribution in [-0.2, 0) is 6.42 Å². The molecule has 0 amide bonds. The molecule has 2 aromatic rings. The Hall–Kier alpha value is -1.71. The summed E-state index contributed by atoms with van der Waals surface area (Å²) in [7, 11) is 0. The van der Waals surface area contributed by atoms with E-state index in [1.807, 2.05) is 6.07 Å². The van der Waals surface area contributed by atoms with E-state index in [0.29, 0.717) is 0 Å². The molecular formula is C14H20N4. The lowest BCUT2D eigenvalue weighted by Gasteiger charge is -2.25. The normalized spacial score (nSPS) is 11.8. The van der Waals surface area contributed by atoms with Crippen molar-refractivity contribution >= 4 is 16.9 Å². The van der Waals surface area contributed by atoms with E-state index in [1.54, 1.807) is 6.33 Å². The summed E-state index contributed by atoms with van der Waals surface area (Å²) in [6.07, 6.45) is 3.52. The van der Waals surface area contributed by atoms with E-state index in [-0.39, 0.29) is 5.54 Å². The topological polar surface area (TPSA) is 50.7 Å². The van der Waals surface area contributed by atoms with Gasteiger partial charge in [0.2, 0.25) is 0 Å². The highest BCUT2D eigenvalue weighted by Crippen LogP contribution is 2.22. The van der Waals surface area contributed by atoms with Crippen molar-refractivity contribution in [3.8, 4) is 0 Å². The fourth-order valence-corrected chi connectivity index (χ4v) is 1.69. The molecule has 4 heteroatoms. The summed E-state index contributed by atoms with van der Waals surface area (Å²) in [6.45, 7) is 8.57. The SMILES string of the molecule is CCc1ccc2c(NC(C)(C)CC)ncnc2n1. The van der Waals surface area contributed by atoms with E-state index in [4.69, 9.17) is 0 Å². The van der Waals surface area contributed by atoms with Gasteiger partial charge in [-0.1, -0.05) is 13.8 Å². The Morgan fingerprint density at radius 2 is 1.94 bits per heavy atom. The highest BCUT2D eigenvalue weighted by molar-refractivity contribution is 5.86. The van der Waals surface area contributed by atoms with Gasteiger partial charge in [-0.05, 0) is 38.8 Å². The van der Waals surface area contributed by atoms with Crippen molar-refractivity contribution in [3.63, 3.8) is 0 Å². The minimum atomic E-state index is 0.0186. The zero-order chi connectivity index (χ0) is 13.2. The van der Waals surface area contributed by atoms with Gasteiger partial charge in [0.1, 0.15) is 12.1 Å². The van der Waals surface area contributed by atoms with Crippen LogP contribution in [0.25, 0.3) is 11.0 Å². The lowest BCUT2D eigenvalue weighted by Crippen LogP contribution is -2.30. The van der Waals surface area contributed by atoms with Crippen LogP contribution in [0.3, 0.4) is 0 Å². The van der Waals surface area contributed by atoms with Crippen LogP contribution < -0.4 is 5.32 Å². The second-order valence-electron chi connectivity index (χ2n) is 5.11. The lowest BCUT2D eigenvalue weighted by molar-refractivity contribution is 0.545. The van der Waals surface area contributed by atoms with E-state index < -0.39 is 0 Å². The highest BCUT2D eigenvalue weighted by Gasteiger charge is 2.16. The summed E-state index contributed by atoms with van der Waals surface area (Å²) >= 11 is 0. The monoisotopic (exact) mass is 244 g/mol. The van der Waals surface area contributed by atoms with Crippen molar-refractivity contribution in [2.24, 2.45) is 0 Å². The predicted octanol–water partition coefficient (Wildman–Crippen LogP) is 3.19. The maximum Gasteiger partial charge on any atom is 0.164 e. The predicted molar refractivity (Wildman–Crippen MR) is 74.7 cm³/mol. The third kappa shape index (κ3) is 2.58. The minimum Gasteiger partial charge on any atom is -0.365 e. The van der Waals surface area contributed by atoms with Crippen LogP contribution in [0.5, 0.6) is 0 Å². The largest absolute Gasteiger partial charge is 0.365 e. The number of hydrogen-bond donors (Lipinski definition) is 1. The van der Waals surface area contributed by atoms with Crippen molar-refractivity contribution in [3.05, 3.63) is 24.2 Å². The molecule has 18 heavy (non-hydrogen) atoms. The molecule has 0 fully saturated rings. The molecule has 2 aromatic heterocycles. The van der Waals surface area contributed by atoms with E-state index in [2.05, 4.69) is 54.0 Å². The quantitative estimate of drug-likeness (QED) is 0.897. The minimum absolute atomic E-state index is 0.0186. The maximum atomic E-state index is 4.52. The molecule has 0 spiro atoms. The molecule has 0 aliphatic rings. The number of nitrogens with one attached hydrogen (secondary N) is 1. The molecule has 0 unspecified atom stereocenters. The summed E-state index contributed by atoms with van der Waals surface area (Å²) in [5.41, 5.74) is 1.84. The Bertz CT molecular complexity index is 548. The third-order valence-electron chi connectivity index (χ3n) is 3.26. The average Bonchev–Trinajstić information content (AvgIpc) is 2.38. The Balaban J connectivity index is 2.46. The third-order valence-corrected chi connectivity index (χ3v) is 3.26. The molecule has 2 heterocycles. The van der Waals surface area contributed by atoms with E-state index in [0.717, 1.165) is 35.4 Å². The molecule has 0 aliphatic carbocycles. The first kappa shape index (κ1) is 12.7. The number of pyridine rings is 1. The van der Waals surface area contributed by atoms with Gasteiger partial charge in [0.05, 0.1) is 5.39 Å². The maximum absolute atomic E-state index is 4.52. The summed E-state index contributed by atoms with van der Waals surface area (Å²) in [6, 6.07) is 4.09. The van der Waals surface area contributed by atoms with Gasteiger partial charge in [-0.3, -0.25) is 0 Å². The van der Waals surface area contributed by atoms with E-state index >= 15 is 0 Å². The molecular weight excluding hydrogens is 224 g/mol. The van der Waals surface area contributed by atoms with E-state index in [1.165, 1.54) is 0 Å². The zero-order valence-electron chi connectivity index (χ0n) is 11.5. The molecule has 0 aromatic carbocycles. The average molecular weight is 244 g/mol. The highest BCUT2D eigenvalue weighted by atomic mass is 15.1. The van der Waals surface area contributed by atoms with Gasteiger partial charge in [-0.25, -0.2) is 15.0 Å². The van der Waals surface area contributed by atoms with Crippen molar-refractivity contribution in [1.29, 1.82) is 0 Å². The van der Waals surface area contributed by atoms with Crippen LogP contribution in [0.15, 0.2) is 18.5 Å². The smallest absolute Gasteiger partial charge is 0.164 e. The van der Waals surface area contributed by atoms with Gasteiger partial charge in [-0.15, -0.1) is 0 Å². The molecule has 1 N–H and O–H groups in total. The number of anilines is 1. The molecule has 0 bridgehead atoms. The Kier molecular flexibility index (Phi) is 3.45. The van der Waals surface area contributed by atoms with Crippen molar-refractivity contribution in [1.82, 2.24) is 15.0 Å². The van der Waals surface area contributed by atoms with Crippen LogP contribution in [0.1, 0.15) is 39.8 Å². The summed E-state index contributed by atoms with van der Waals surface area (Å²) in [5.74, 6) is 0.863. The molecule has 0 radical (unpaired) electrons. The molecule has 0 saturated heterocycles. The molecule has 2 rings (SSSR count). The fourth-order valence-electron chi connectivity index (χ4n) is 1.69. The van der Waals surface area contributed by atoms with Crippen molar-refractivity contribution in [2.45, 2.75) is 46.1 Å². The van der Waals surface area contributed by atoms with Gasteiger partial charge < -0.3 is 5.32 Å². The first-order chi connectivity index (χ1) is 8.55. The Morgan fingerprint density at radius 3 is 2.61 bits per heavy atom. The second kappa shape index (κ2) is 4.88. The number of rotatable bonds is 4. The first-order valence-corrected chi connectivity index (χ1v) is 6.44. The number of aryl methyl sites for hydroxylation is 1. The van der Waals surface area contributed by atoms with Crippen LogP contribution in [0.4, 0.5) is 5.82 Å².